The Morgan fingerprint density at radius 1 is 1.04 bits per heavy atom. The number of aryl methyl sites for hydroxylation is 2. The van der Waals surface area contributed by atoms with E-state index in [1.54, 1.807) is 18.0 Å². The van der Waals surface area contributed by atoms with Gasteiger partial charge in [0.1, 0.15) is 11.6 Å². The molecule has 0 fully saturated rings. The average Bonchev–Trinajstić information content (AvgIpc) is 3.20. The first-order valence-corrected chi connectivity index (χ1v) is 9.00. The summed E-state index contributed by atoms with van der Waals surface area (Å²) in [6.07, 6.45) is 1.79. The molecule has 4 rings (SSSR count). The molecule has 0 aliphatic carbocycles. The third-order valence-corrected chi connectivity index (χ3v) is 4.56. The summed E-state index contributed by atoms with van der Waals surface area (Å²) < 4.78 is 7.02. The van der Waals surface area contributed by atoms with Crippen molar-refractivity contribution in [1.29, 1.82) is 0 Å². The lowest BCUT2D eigenvalue weighted by molar-refractivity contribution is 0.387. The van der Waals surface area contributed by atoms with Crippen LogP contribution in [0.5, 0.6) is 0 Å². The van der Waals surface area contributed by atoms with Crippen molar-refractivity contribution in [3.63, 3.8) is 0 Å². The zero-order valence-corrected chi connectivity index (χ0v) is 14.7. The van der Waals surface area contributed by atoms with Crippen molar-refractivity contribution in [2.45, 2.75) is 25.4 Å². The van der Waals surface area contributed by atoms with E-state index in [9.17, 15) is 0 Å². The third kappa shape index (κ3) is 3.25. The summed E-state index contributed by atoms with van der Waals surface area (Å²) in [5, 5.41) is 9.44. The van der Waals surface area contributed by atoms with E-state index in [0.29, 0.717) is 23.2 Å². The van der Waals surface area contributed by atoms with Crippen molar-refractivity contribution in [3.05, 3.63) is 59.9 Å². The fourth-order valence-corrected chi connectivity index (χ4v) is 3.40. The number of fused-ring (bicyclic) bond motifs is 1. The summed E-state index contributed by atoms with van der Waals surface area (Å²) in [6.45, 7) is 3.70. The van der Waals surface area contributed by atoms with Crippen LogP contribution in [0.3, 0.4) is 0 Å². The Morgan fingerprint density at radius 2 is 1.92 bits per heavy atom. The molecule has 1 aromatic carbocycles. The molecule has 3 heterocycles. The monoisotopic (exact) mass is 352 g/mol. The molecule has 0 radical (unpaired) electrons. The molecular formula is C17H16N6OS. The smallest absolute Gasteiger partial charge is 0.236 e. The number of aromatic nitrogens is 6. The third-order valence-electron chi connectivity index (χ3n) is 3.65. The molecular weight excluding hydrogens is 336 g/mol. The Labute approximate surface area is 148 Å². The second kappa shape index (κ2) is 6.64. The molecule has 0 unspecified atom stereocenters. The summed E-state index contributed by atoms with van der Waals surface area (Å²) in [6, 6.07) is 10.0. The maximum absolute atomic E-state index is 5.15. The van der Waals surface area contributed by atoms with Gasteiger partial charge in [-0.25, -0.2) is 9.67 Å². The van der Waals surface area contributed by atoms with Crippen LogP contribution in [0.15, 0.2) is 41.1 Å². The molecule has 126 valence electrons. The minimum Gasteiger partial charge on any atom is -0.338 e. The lowest BCUT2D eigenvalue weighted by atomic mass is 10.2. The van der Waals surface area contributed by atoms with Gasteiger partial charge in [0.25, 0.3) is 0 Å². The van der Waals surface area contributed by atoms with Gasteiger partial charge in [0.15, 0.2) is 5.82 Å². The van der Waals surface area contributed by atoms with Gasteiger partial charge < -0.3 is 4.52 Å². The maximum atomic E-state index is 5.15. The Morgan fingerprint density at radius 3 is 2.76 bits per heavy atom. The largest absolute Gasteiger partial charge is 0.338 e. The molecule has 0 spiro atoms. The molecule has 0 N–H and O–H groups in total. The second-order valence-electron chi connectivity index (χ2n) is 5.57. The molecule has 0 atom stereocenters. The lowest BCUT2D eigenvalue weighted by Gasteiger charge is -2.08. The summed E-state index contributed by atoms with van der Waals surface area (Å²) >= 11 is 1.66. The topological polar surface area (TPSA) is 82.5 Å². The zero-order valence-electron chi connectivity index (χ0n) is 13.9. The number of rotatable bonds is 5. The van der Waals surface area contributed by atoms with Crippen LogP contribution in [0.2, 0.25) is 0 Å². The van der Waals surface area contributed by atoms with Gasteiger partial charge in [0.05, 0.1) is 22.7 Å². The Kier molecular flexibility index (Phi) is 4.19. The lowest BCUT2D eigenvalue weighted by Crippen LogP contribution is -2.03. The normalized spacial score (nSPS) is 11.3. The minimum atomic E-state index is 0.622. The fraction of sp³-hybridized carbons (Fsp3) is 0.235. The molecule has 0 saturated carbocycles. The molecule has 4 aromatic rings. The first kappa shape index (κ1) is 15.8. The highest BCUT2D eigenvalue weighted by Gasteiger charge is 2.13. The van der Waals surface area contributed by atoms with E-state index in [4.69, 9.17) is 4.52 Å². The van der Waals surface area contributed by atoms with Gasteiger partial charge in [-0.15, -0.1) is 11.8 Å². The quantitative estimate of drug-likeness (QED) is 0.545. The first-order chi connectivity index (χ1) is 12.2. The number of thioether (sulfide) groups is 1. The van der Waals surface area contributed by atoms with E-state index in [2.05, 4.69) is 25.2 Å². The Bertz CT molecular complexity index is 1020. The first-order valence-electron chi connectivity index (χ1n) is 7.84. The number of hydrogen-bond acceptors (Lipinski definition) is 7. The van der Waals surface area contributed by atoms with E-state index in [-0.39, 0.29) is 0 Å². The predicted molar refractivity (Wildman–Crippen MR) is 95.4 cm³/mol. The molecule has 7 nitrogen and oxygen atoms in total. The highest BCUT2D eigenvalue weighted by Crippen LogP contribution is 2.23. The van der Waals surface area contributed by atoms with Crippen molar-refractivity contribution < 1.29 is 4.52 Å². The molecule has 0 bridgehead atoms. The second-order valence-corrected chi connectivity index (χ2v) is 6.55. The summed E-state index contributed by atoms with van der Waals surface area (Å²) in [4.78, 5) is 13.3. The molecule has 8 heteroatoms. The van der Waals surface area contributed by atoms with Gasteiger partial charge in [-0.05, 0) is 26.0 Å². The van der Waals surface area contributed by atoms with E-state index in [1.165, 1.54) is 0 Å². The van der Waals surface area contributed by atoms with Crippen LogP contribution in [-0.4, -0.2) is 29.9 Å². The van der Waals surface area contributed by atoms with Crippen molar-refractivity contribution in [2.75, 3.05) is 0 Å². The van der Waals surface area contributed by atoms with Crippen molar-refractivity contribution in [1.82, 2.24) is 29.9 Å². The maximum Gasteiger partial charge on any atom is 0.236 e. The summed E-state index contributed by atoms with van der Waals surface area (Å²) in [5.41, 5.74) is 1.84. The van der Waals surface area contributed by atoms with Crippen LogP contribution in [-0.2, 0) is 11.5 Å². The standard InChI is InChI=1S/C17H16N6OS/c1-11-19-15(9-25-10-16-20-12(2)22-24-16)23(21-11)14-7-3-5-13-6-4-8-18-17(13)14/h3-8H,9-10H2,1-2H3. The van der Waals surface area contributed by atoms with E-state index in [0.717, 1.165) is 28.2 Å². The van der Waals surface area contributed by atoms with Gasteiger partial charge in [0.2, 0.25) is 5.89 Å². The number of pyridine rings is 1. The van der Waals surface area contributed by atoms with Crippen LogP contribution in [0.25, 0.3) is 16.6 Å². The number of para-hydroxylation sites is 1. The molecule has 0 aliphatic heterocycles. The van der Waals surface area contributed by atoms with Crippen LogP contribution < -0.4 is 0 Å². The van der Waals surface area contributed by atoms with Gasteiger partial charge >= 0.3 is 0 Å². The highest BCUT2D eigenvalue weighted by atomic mass is 32.2. The Balaban J connectivity index is 1.62. The number of nitrogens with zero attached hydrogens (tertiary/aromatic N) is 6. The fourth-order valence-electron chi connectivity index (χ4n) is 2.63. The van der Waals surface area contributed by atoms with Gasteiger partial charge in [-0.3, -0.25) is 4.98 Å². The van der Waals surface area contributed by atoms with Crippen LogP contribution in [0.1, 0.15) is 23.4 Å². The van der Waals surface area contributed by atoms with E-state index >= 15 is 0 Å². The van der Waals surface area contributed by atoms with Gasteiger partial charge in [0, 0.05) is 11.6 Å². The molecule has 0 amide bonds. The van der Waals surface area contributed by atoms with Gasteiger partial charge in [-0.1, -0.05) is 23.4 Å². The van der Waals surface area contributed by atoms with Gasteiger partial charge in [-0.2, -0.15) is 10.1 Å². The number of hydrogen-bond donors (Lipinski definition) is 0. The molecule has 0 saturated heterocycles. The number of benzene rings is 1. The van der Waals surface area contributed by atoms with Crippen molar-refractivity contribution in [2.24, 2.45) is 0 Å². The Hall–Kier alpha value is -2.74. The van der Waals surface area contributed by atoms with Crippen LogP contribution in [0.4, 0.5) is 0 Å². The van der Waals surface area contributed by atoms with Crippen molar-refractivity contribution >= 4 is 22.7 Å². The van der Waals surface area contributed by atoms with Crippen LogP contribution >= 0.6 is 11.8 Å². The SMILES string of the molecule is Cc1noc(CSCc2nc(C)nn2-c2cccc3cccnc23)n1. The van der Waals surface area contributed by atoms with E-state index in [1.807, 2.05) is 48.9 Å². The minimum absolute atomic E-state index is 0.622. The average molecular weight is 352 g/mol. The molecule has 0 aliphatic rings. The van der Waals surface area contributed by atoms with Crippen LogP contribution in [0, 0.1) is 13.8 Å². The summed E-state index contributed by atoms with van der Waals surface area (Å²) in [7, 11) is 0. The van der Waals surface area contributed by atoms with E-state index < -0.39 is 0 Å². The van der Waals surface area contributed by atoms with Crippen molar-refractivity contribution in [3.8, 4) is 5.69 Å². The molecule has 25 heavy (non-hydrogen) atoms. The predicted octanol–water partition coefficient (Wildman–Crippen LogP) is 3.25. The highest BCUT2D eigenvalue weighted by molar-refractivity contribution is 7.97. The summed E-state index contributed by atoms with van der Waals surface area (Å²) in [5.74, 6) is 4.20. The zero-order chi connectivity index (χ0) is 17.2. The molecule has 3 aromatic heterocycles.